The summed E-state index contributed by atoms with van der Waals surface area (Å²) < 4.78 is 1.29. The standard InChI is InChI=1S/C25H19Cl2N3O2/c1-2-30-25(32)21(24(31)28-19-15-9-14-18(26)22(19)27)20(16-10-5-3-6-11-16)23(29-30)17-12-7-4-8-13-17/h3-15H,2H2,1H3,(H,28,31). The molecule has 1 amide bonds. The number of nitrogens with one attached hydrogen (secondary N) is 1. The molecule has 1 N–H and O–H groups in total. The molecule has 0 atom stereocenters. The first-order valence-electron chi connectivity index (χ1n) is 10.0. The van der Waals surface area contributed by atoms with Gasteiger partial charge in [-0.2, -0.15) is 5.10 Å². The number of carbonyl (C=O) groups is 1. The van der Waals surface area contributed by atoms with E-state index in [1.807, 2.05) is 60.7 Å². The first-order valence-corrected chi connectivity index (χ1v) is 10.8. The number of anilines is 1. The van der Waals surface area contributed by atoms with Gasteiger partial charge in [-0.1, -0.05) is 89.9 Å². The lowest BCUT2D eigenvalue weighted by Crippen LogP contribution is -2.32. The molecule has 32 heavy (non-hydrogen) atoms. The quantitative estimate of drug-likeness (QED) is 0.385. The Bertz CT molecular complexity index is 1340. The number of nitrogens with zero attached hydrogens (tertiary/aromatic N) is 2. The van der Waals surface area contributed by atoms with Crippen molar-refractivity contribution in [1.29, 1.82) is 0 Å². The first-order chi connectivity index (χ1) is 15.5. The van der Waals surface area contributed by atoms with Crippen LogP contribution in [0.3, 0.4) is 0 Å². The van der Waals surface area contributed by atoms with E-state index < -0.39 is 11.5 Å². The van der Waals surface area contributed by atoms with Crippen molar-refractivity contribution < 1.29 is 4.79 Å². The number of halogens is 2. The summed E-state index contributed by atoms with van der Waals surface area (Å²) in [6.45, 7) is 2.12. The Morgan fingerprint density at radius 2 is 1.53 bits per heavy atom. The molecule has 0 fully saturated rings. The van der Waals surface area contributed by atoms with Crippen LogP contribution in [0.25, 0.3) is 22.4 Å². The van der Waals surface area contributed by atoms with Gasteiger partial charge in [-0.15, -0.1) is 0 Å². The number of aryl methyl sites for hydroxylation is 1. The van der Waals surface area contributed by atoms with Crippen LogP contribution in [0.2, 0.25) is 10.0 Å². The maximum Gasteiger partial charge on any atom is 0.280 e. The highest BCUT2D eigenvalue weighted by Crippen LogP contribution is 2.34. The second kappa shape index (κ2) is 9.39. The van der Waals surface area contributed by atoms with Gasteiger partial charge in [0.05, 0.1) is 21.4 Å². The van der Waals surface area contributed by atoms with Crippen LogP contribution >= 0.6 is 23.2 Å². The van der Waals surface area contributed by atoms with Gasteiger partial charge in [0.2, 0.25) is 0 Å². The molecule has 4 aromatic rings. The molecule has 0 unspecified atom stereocenters. The van der Waals surface area contributed by atoms with Crippen molar-refractivity contribution in [3.8, 4) is 22.4 Å². The molecule has 3 aromatic carbocycles. The smallest absolute Gasteiger partial charge is 0.280 e. The SMILES string of the molecule is CCn1nc(-c2ccccc2)c(-c2ccccc2)c(C(=O)Nc2cccc(Cl)c2Cl)c1=O. The van der Waals surface area contributed by atoms with Crippen molar-refractivity contribution in [2.45, 2.75) is 13.5 Å². The molecule has 0 spiro atoms. The highest BCUT2D eigenvalue weighted by molar-refractivity contribution is 6.44. The number of aromatic nitrogens is 2. The van der Waals surface area contributed by atoms with Crippen LogP contribution in [0, 0.1) is 0 Å². The molecule has 0 aliphatic carbocycles. The molecule has 0 saturated carbocycles. The summed E-state index contributed by atoms with van der Waals surface area (Å²) >= 11 is 12.4. The van der Waals surface area contributed by atoms with E-state index in [9.17, 15) is 9.59 Å². The van der Waals surface area contributed by atoms with Gasteiger partial charge in [-0.3, -0.25) is 9.59 Å². The molecular weight excluding hydrogens is 445 g/mol. The van der Waals surface area contributed by atoms with Gasteiger partial charge in [-0.05, 0) is 24.6 Å². The number of hydrogen-bond acceptors (Lipinski definition) is 3. The minimum Gasteiger partial charge on any atom is -0.320 e. The Kier molecular flexibility index (Phi) is 6.40. The average Bonchev–Trinajstić information content (AvgIpc) is 2.82. The third kappa shape index (κ3) is 4.17. The monoisotopic (exact) mass is 463 g/mol. The number of rotatable bonds is 5. The van der Waals surface area contributed by atoms with Crippen molar-refractivity contribution in [3.63, 3.8) is 0 Å². The van der Waals surface area contributed by atoms with Gasteiger partial charge < -0.3 is 5.32 Å². The van der Waals surface area contributed by atoms with Crippen molar-refractivity contribution in [1.82, 2.24) is 9.78 Å². The van der Waals surface area contributed by atoms with E-state index in [2.05, 4.69) is 10.4 Å². The number of carbonyl (C=O) groups excluding carboxylic acids is 1. The van der Waals surface area contributed by atoms with Gasteiger partial charge in [0.25, 0.3) is 11.5 Å². The van der Waals surface area contributed by atoms with Gasteiger partial charge in [0.15, 0.2) is 0 Å². The Hall–Kier alpha value is -3.41. The third-order valence-electron chi connectivity index (χ3n) is 4.99. The van der Waals surface area contributed by atoms with Gasteiger partial charge in [0.1, 0.15) is 5.56 Å². The molecule has 1 aromatic heterocycles. The van der Waals surface area contributed by atoms with E-state index in [4.69, 9.17) is 23.2 Å². The summed E-state index contributed by atoms with van der Waals surface area (Å²) in [5.41, 5.74) is 2.33. The Morgan fingerprint density at radius 3 is 2.16 bits per heavy atom. The van der Waals surface area contributed by atoms with E-state index in [0.717, 1.165) is 5.56 Å². The van der Waals surface area contributed by atoms with Crippen LogP contribution in [-0.2, 0) is 6.54 Å². The summed E-state index contributed by atoms with van der Waals surface area (Å²) in [5.74, 6) is -0.584. The highest BCUT2D eigenvalue weighted by Gasteiger charge is 2.25. The largest absolute Gasteiger partial charge is 0.320 e. The van der Waals surface area contributed by atoms with E-state index in [-0.39, 0.29) is 10.6 Å². The molecule has 7 heteroatoms. The summed E-state index contributed by atoms with van der Waals surface area (Å²) in [5, 5.41) is 7.86. The third-order valence-corrected chi connectivity index (χ3v) is 5.81. The lowest BCUT2D eigenvalue weighted by Gasteiger charge is -2.17. The number of amides is 1. The zero-order chi connectivity index (χ0) is 22.7. The molecule has 0 aliphatic rings. The van der Waals surface area contributed by atoms with E-state index in [1.165, 1.54) is 4.68 Å². The van der Waals surface area contributed by atoms with Gasteiger partial charge in [0, 0.05) is 17.7 Å². The minimum absolute atomic E-state index is 0.0112. The maximum atomic E-state index is 13.5. The molecule has 1 heterocycles. The van der Waals surface area contributed by atoms with Crippen molar-refractivity contribution >= 4 is 34.8 Å². The topological polar surface area (TPSA) is 64.0 Å². The van der Waals surface area contributed by atoms with Crippen molar-refractivity contribution in [2.24, 2.45) is 0 Å². The fourth-order valence-electron chi connectivity index (χ4n) is 3.46. The Morgan fingerprint density at radius 1 is 0.906 bits per heavy atom. The van der Waals surface area contributed by atoms with Crippen molar-refractivity contribution in [2.75, 3.05) is 5.32 Å². The van der Waals surface area contributed by atoms with E-state index in [0.29, 0.717) is 34.1 Å². The predicted molar refractivity (Wildman–Crippen MR) is 129 cm³/mol. The molecular formula is C25H19Cl2N3O2. The summed E-state index contributed by atoms with van der Waals surface area (Å²) in [7, 11) is 0. The average molecular weight is 464 g/mol. The summed E-state index contributed by atoms with van der Waals surface area (Å²) in [6.07, 6.45) is 0. The zero-order valence-corrected chi connectivity index (χ0v) is 18.7. The van der Waals surface area contributed by atoms with Gasteiger partial charge in [-0.25, -0.2) is 4.68 Å². The second-order valence-corrected chi connectivity index (χ2v) is 7.79. The van der Waals surface area contributed by atoms with E-state index in [1.54, 1.807) is 25.1 Å². The fourth-order valence-corrected chi connectivity index (χ4v) is 3.81. The summed E-state index contributed by atoms with van der Waals surface area (Å²) in [4.78, 5) is 26.8. The molecule has 0 radical (unpaired) electrons. The predicted octanol–water partition coefficient (Wildman–Crippen LogP) is 6.16. The van der Waals surface area contributed by atoms with Crippen LogP contribution < -0.4 is 10.9 Å². The van der Waals surface area contributed by atoms with Gasteiger partial charge >= 0.3 is 0 Å². The molecule has 160 valence electrons. The Labute approximate surface area is 195 Å². The maximum absolute atomic E-state index is 13.5. The fraction of sp³-hybridized carbons (Fsp3) is 0.0800. The van der Waals surface area contributed by atoms with Crippen molar-refractivity contribution in [3.05, 3.63) is 105 Å². The van der Waals surface area contributed by atoms with E-state index >= 15 is 0 Å². The lowest BCUT2D eigenvalue weighted by atomic mass is 9.95. The summed E-state index contributed by atoms with van der Waals surface area (Å²) in [6, 6.07) is 23.7. The molecule has 0 bridgehead atoms. The van der Waals surface area contributed by atoms with Crippen LogP contribution in [0.5, 0.6) is 0 Å². The zero-order valence-electron chi connectivity index (χ0n) is 17.2. The molecule has 5 nitrogen and oxygen atoms in total. The lowest BCUT2D eigenvalue weighted by molar-refractivity contribution is 0.102. The molecule has 0 saturated heterocycles. The van der Waals surface area contributed by atoms with Crippen LogP contribution in [0.15, 0.2) is 83.7 Å². The van der Waals surface area contributed by atoms with Crippen LogP contribution in [0.4, 0.5) is 5.69 Å². The number of hydrogen-bond donors (Lipinski definition) is 1. The Balaban J connectivity index is 1.99. The normalized spacial score (nSPS) is 10.7. The first kappa shape index (κ1) is 21.8. The molecule has 0 aliphatic heterocycles. The highest BCUT2D eigenvalue weighted by atomic mass is 35.5. The second-order valence-electron chi connectivity index (χ2n) is 7.01. The van der Waals surface area contributed by atoms with Crippen LogP contribution in [-0.4, -0.2) is 15.7 Å². The molecule has 4 rings (SSSR count). The van der Waals surface area contributed by atoms with Crippen LogP contribution in [0.1, 0.15) is 17.3 Å². The minimum atomic E-state index is -0.584. The number of benzene rings is 3.